The van der Waals surface area contributed by atoms with Gasteiger partial charge in [-0.3, -0.25) is 19.5 Å². The Kier molecular flexibility index (Phi) is 6.32. The molecular weight excluding hydrogens is 412 g/mol. The van der Waals surface area contributed by atoms with Gasteiger partial charge in [0.25, 0.3) is 21.7 Å². The first-order valence-electron chi connectivity index (χ1n) is 7.31. The average Bonchev–Trinajstić information content (AvgIpc) is 2.63. The van der Waals surface area contributed by atoms with Crippen LogP contribution < -0.4 is 10.6 Å². The number of nitrogens with zero attached hydrogens (tertiary/aromatic N) is 2. The van der Waals surface area contributed by atoms with Crippen LogP contribution >= 0.6 is 11.6 Å². The number of nitro benzene ring substituents is 1. The molecule has 0 aliphatic heterocycles. The van der Waals surface area contributed by atoms with Crippen molar-refractivity contribution in [1.82, 2.24) is 0 Å². The zero-order valence-electron chi connectivity index (χ0n) is 13.8. The van der Waals surface area contributed by atoms with Crippen LogP contribution in [0.25, 0.3) is 0 Å². The summed E-state index contributed by atoms with van der Waals surface area (Å²) in [5.41, 5.74) is -0.342. The second kappa shape index (κ2) is 8.49. The van der Waals surface area contributed by atoms with E-state index in [9.17, 15) is 23.3 Å². The Morgan fingerprint density at radius 3 is 2.36 bits per heavy atom. The Balaban J connectivity index is 2.14. The highest BCUT2D eigenvalue weighted by molar-refractivity contribution is 7.85. The average molecular weight is 423 g/mol. The molecule has 2 aromatic rings. The van der Waals surface area contributed by atoms with E-state index < -0.39 is 26.6 Å². The maximum atomic E-state index is 12.2. The molecule has 0 heterocycles. The van der Waals surface area contributed by atoms with Crippen LogP contribution in [0, 0.1) is 21.4 Å². The molecule has 28 heavy (non-hydrogen) atoms. The van der Waals surface area contributed by atoms with E-state index in [0.29, 0.717) is 5.69 Å². The van der Waals surface area contributed by atoms with Gasteiger partial charge >= 0.3 is 0 Å². The van der Waals surface area contributed by atoms with Gasteiger partial charge in [0.05, 0.1) is 9.82 Å². The number of anilines is 2. The third-order valence-corrected chi connectivity index (χ3v) is 4.49. The second-order valence-electron chi connectivity index (χ2n) is 5.19. The predicted octanol–water partition coefficient (Wildman–Crippen LogP) is 2.95. The van der Waals surface area contributed by atoms with E-state index in [1.54, 1.807) is 6.07 Å². The molecule has 0 saturated heterocycles. The quantitative estimate of drug-likeness (QED) is 0.210. The van der Waals surface area contributed by atoms with Crippen molar-refractivity contribution in [1.29, 1.82) is 5.26 Å². The molecule has 0 atom stereocenters. The fourth-order valence-corrected chi connectivity index (χ4v) is 2.62. The third kappa shape index (κ3) is 5.27. The topological polar surface area (TPSA) is 162 Å². The molecule has 0 bridgehead atoms. The monoisotopic (exact) mass is 422 g/mol. The molecule has 3 N–H and O–H groups in total. The predicted molar refractivity (Wildman–Crippen MR) is 100 cm³/mol. The van der Waals surface area contributed by atoms with E-state index in [1.807, 2.05) is 0 Å². The Hall–Kier alpha value is -3.46. The van der Waals surface area contributed by atoms with Gasteiger partial charge in [0, 0.05) is 23.6 Å². The van der Waals surface area contributed by atoms with Crippen molar-refractivity contribution in [2.75, 3.05) is 10.6 Å². The number of rotatable bonds is 6. The number of nitrogens with one attached hydrogen (secondary N) is 2. The number of nitro groups is 1. The summed E-state index contributed by atoms with van der Waals surface area (Å²) in [7, 11) is -4.33. The number of hydrogen-bond donors (Lipinski definition) is 3. The van der Waals surface area contributed by atoms with Gasteiger partial charge in [-0.15, -0.1) is 0 Å². The van der Waals surface area contributed by atoms with Crippen molar-refractivity contribution in [2.45, 2.75) is 4.90 Å². The number of benzene rings is 2. The molecule has 0 aromatic heterocycles. The lowest BCUT2D eigenvalue weighted by atomic mass is 10.2. The van der Waals surface area contributed by atoms with E-state index in [2.05, 4.69) is 10.6 Å². The summed E-state index contributed by atoms with van der Waals surface area (Å²) >= 11 is 5.69. The van der Waals surface area contributed by atoms with E-state index in [0.717, 1.165) is 24.4 Å². The summed E-state index contributed by atoms with van der Waals surface area (Å²) in [6.07, 6.45) is 1.07. The van der Waals surface area contributed by atoms with Crippen LogP contribution in [0.5, 0.6) is 0 Å². The Morgan fingerprint density at radius 2 is 1.82 bits per heavy atom. The Morgan fingerprint density at radius 1 is 1.21 bits per heavy atom. The van der Waals surface area contributed by atoms with Crippen molar-refractivity contribution in [2.24, 2.45) is 0 Å². The first-order valence-corrected chi connectivity index (χ1v) is 9.13. The molecule has 10 nitrogen and oxygen atoms in total. The molecule has 0 aliphatic carbocycles. The summed E-state index contributed by atoms with van der Waals surface area (Å²) in [6.45, 7) is 0. The van der Waals surface area contributed by atoms with Crippen molar-refractivity contribution < 1.29 is 22.7 Å². The third-order valence-electron chi connectivity index (χ3n) is 3.30. The number of nitriles is 1. The van der Waals surface area contributed by atoms with Crippen LogP contribution in [-0.2, 0) is 14.9 Å². The fourth-order valence-electron chi connectivity index (χ4n) is 1.96. The van der Waals surface area contributed by atoms with E-state index in [1.165, 1.54) is 24.3 Å². The van der Waals surface area contributed by atoms with Crippen LogP contribution in [-0.4, -0.2) is 23.8 Å². The van der Waals surface area contributed by atoms with Crippen LogP contribution in [0.15, 0.2) is 59.1 Å². The summed E-state index contributed by atoms with van der Waals surface area (Å²) in [6, 6.07) is 10.2. The van der Waals surface area contributed by atoms with Crippen LogP contribution in [0.4, 0.5) is 17.1 Å². The van der Waals surface area contributed by atoms with Gasteiger partial charge in [0.1, 0.15) is 16.7 Å². The number of carbonyl (C=O) groups is 1. The number of amides is 1. The molecule has 0 saturated carbocycles. The smallest absolute Gasteiger partial charge is 0.294 e. The molecule has 2 aromatic carbocycles. The largest absolute Gasteiger partial charge is 0.360 e. The van der Waals surface area contributed by atoms with Crippen LogP contribution in [0.2, 0.25) is 5.02 Å². The molecule has 0 unspecified atom stereocenters. The van der Waals surface area contributed by atoms with E-state index in [-0.39, 0.29) is 21.2 Å². The van der Waals surface area contributed by atoms with Gasteiger partial charge in [-0.1, -0.05) is 11.6 Å². The fraction of sp³-hybridized carbons (Fsp3) is 0. The molecule has 2 rings (SSSR count). The van der Waals surface area contributed by atoms with Gasteiger partial charge in [0.2, 0.25) is 0 Å². The molecular formula is C16H11ClN4O6S. The van der Waals surface area contributed by atoms with Crippen molar-refractivity contribution in [3.05, 3.63) is 69.4 Å². The van der Waals surface area contributed by atoms with Gasteiger partial charge in [0.15, 0.2) is 0 Å². The summed E-state index contributed by atoms with van der Waals surface area (Å²) < 4.78 is 30.9. The summed E-state index contributed by atoms with van der Waals surface area (Å²) in [5, 5.41) is 24.9. The van der Waals surface area contributed by atoms with Gasteiger partial charge in [-0.05, 0) is 36.4 Å². The number of carbonyl (C=O) groups excluding carboxylic acids is 1. The normalized spacial score (nSPS) is 11.4. The minimum absolute atomic E-state index is 0.0692. The van der Waals surface area contributed by atoms with E-state index >= 15 is 0 Å². The van der Waals surface area contributed by atoms with Crippen molar-refractivity contribution in [3.8, 4) is 6.07 Å². The van der Waals surface area contributed by atoms with Gasteiger partial charge in [-0.2, -0.15) is 13.7 Å². The molecule has 12 heteroatoms. The maximum Gasteiger partial charge on any atom is 0.294 e. The van der Waals surface area contributed by atoms with Gasteiger partial charge < -0.3 is 10.6 Å². The van der Waals surface area contributed by atoms with Crippen LogP contribution in [0.3, 0.4) is 0 Å². The zero-order chi connectivity index (χ0) is 20.9. The molecule has 0 aliphatic rings. The first-order chi connectivity index (χ1) is 13.1. The minimum atomic E-state index is -4.33. The van der Waals surface area contributed by atoms with E-state index in [4.69, 9.17) is 21.4 Å². The lowest BCUT2D eigenvalue weighted by molar-refractivity contribution is -0.384. The molecule has 0 spiro atoms. The van der Waals surface area contributed by atoms with Crippen LogP contribution in [0.1, 0.15) is 0 Å². The standard InChI is InChI=1S/C16H11ClN4O6S/c17-14-6-3-12(7-15(14)21(23)24)20-16(22)10(8-18)9-19-11-1-4-13(5-2-11)28(25,26)27/h1-7,9,19H,(H,20,22)(H,25,26,27)/b10-9-. The summed E-state index contributed by atoms with van der Waals surface area (Å²) in [5.74, 6) is -0.832. The van der Waals surface area contributed by atoms with Gasteiger partial charge in [-0.25, -0.2) is 0 Å². The number of hydrogen-bond acceptors (Lipinski definition) is 7. The Labute approximate surface area is 163 Å². The highest BCUT2D eigenvalue weighted by Gasteiger charge is 2.15. The maximum absolute atomic E-state index is 12.2. The second-order valence-corrected chi connectivity index (χ2v) is 7.02. The Bertz CT molecular complexity index is 1110. The van der Waals surface area contributed by atoms with Crippen molar-refractivity contribution in [3.63, 3.8) is 0 Å². The highest BCUT2D eigenvalue weighted by Crippen LogP contribution is 2.27. The molecule has 144 valence electrons. The highest BCUT2D eigenvalue weighted by atomic mass is 35.5. The first kappa shape index (κ1) is 20.8. The molecule has 0 radical (unpaired) electrons. The lowest BCUT2D eigenvalue weighted by Crippen LogP contribution is -2.14. The zero-order valence-corrected chi connectivity index (χ0v) is 15.4. The number of halogens is 1. The molecule has 0 fully saturated rings. The SMILES string of the molecule is N#C/C(=C/Nc1ccc(S(=O)(=O)O)cc1)C(=O)Nc1ccc(Cl)c([N+](=O)[O-])c1. The lowest BCUT2D eigenvalue weighted by Gasteiger charge is -2.06. The molecule has 1 amide bonds. The minimum Gasteiger partial charge on any atom is -0.360 e. The van der Waals surface area contributed by atoms with Crippen molar-refractivity contribution >= 4 is 44.7 Å². The summed E-state index contributed by atoms with van der Waals surface area (Å²) in [4.78, 5) is 22.0.